The van der Waals surface area contributed by atoms with E-state index in [1.54, 1.807) is 12.4 Å². The third-order valence-electron chi connectivity index (χ3n) is 2.92. The van der Waals surface area contributed by atoms with Gasteiger partial charge in [-0.05, 0) is 36.2 Å². The van der Waals surface area contributed by atoms with E-state index in [1.807, 2.05) is 13.1 Å². The lowest BCUT2D eigenvalue weighted by Gasteiger charge is -2.17. The van der Waals surface area contributed by atoms with Crippen molar-refractivity contribution < 1.29 is 0 Å². The number of aromatic nitrogens is 2. The summed E-state index contributed by atoms with van der Waals surface area (Å²) in [4.78, 5) is 0. The maximum absolute atomic E-state index is 3.93. The Morgan fingerprint density at radius 3 is 2.71 bits per heavy atom. The molecule has 0 radical (unpaired) electrons. The molecule has 0 saturated carbocycles. The minimum Gasteiger partial charge on any atom is -0.309 e. The summed E-state index contributed by atoms with van der Waals surface area (Å²) in [7, 11) is 1.96. The van der Waals surface area contributed by atoms with Crippen molar-refractivity contribution in [1.29, 1.82) is 0 Å². The zero-order valence-electron chi connectivity index (χ0n) is 10.2. The van der Waals surface area contributed by atoms with Crippen LogP contribution in [0.5, 0.6) is 0 Å². The largest absolute Gasteiger partial charge is 0.309 e. The number of hydrogen-bond acceptors (Lipinski definition) is 3. The summed E-state index contributed by atoms with van der Waals surface area (Å²) in [5.41, 5.74) is 3.75. The molecule has 2 rings (SSSR count). The van der Waals surface area contributed by atoms with Crippen molar-refractivity contribution >= 4 is 0 Å². The van der Waals surface area contributed by atoms with Gasteiger partial charge in [-0.1, -0.05) is 31.2 Å². The lowest BCUT2D eigenvalue weighted by molar-refractivity contribution is 0.684. The van der Waals surface area contributed by atoms with Gasteiger partial charge in [-0.2, -0.15) is 10.2 Å². The summed E-state index contributed by atoms with van der Waals surface area (Å²) < 4.78 is 0. The average molecular weight is 227 g/mol. The molecule has 1 heterocycles. The third-order valence-corrected chi connectivity index (χ3v) is 2.92. The molecule has 2 aromatic rings. The van der Waals surface area contributed by atoms with Crippen molar-refractivity contribution in [2.75, 3.05) is 7.05 Å². The van der Waals surface area contributed by atoms with Gasteiger partial charge in [0.25, 0.3) is 0 Å². The highest BCUT2D eigenvalue weighted by Gasteiger charge is 2.11. The molecule has 0 fully saturated rings. The summed E-state index contributed by atoms with van der Waals surface area (Å²) in [6.45, 7) is 2.17. The second-order valence-corrected chi connectivity index (χ2v) is 4.00. The van der Waals surface area contributed by atoms with E-state index in [9.17, 15) is 0 Å². The van der Waals surface area contributed by atoms with Crippen LogP contribution in [0.25, 0.3) is 0 Å². The fraction of sp³-hybridized carbons (Fsp3) is 0.286. The zero-order valence-corrected chi connectivity index (χ0v) is 10.2. The van der Waals surface area contributed by atoms with Gasteiger partial charge in [0.2, 0.25) is 0 Å². The molecule has 1 aromatic heterocycles. The molecule has 3 nitrogen and oxygen atoms in total. The monoisotopic (exact) mass is 227 g/mol. The van der Waals surface area contributed by atoms with E-state index in [0.29, 0.717) is 0 Å². The van der Waals surface area contributed by atoms with Crippen LogP contribution in [-0.4, -0.2) is 17.2 Å². The molecular weight excluding hydrogens is 210 g/mol. The van der Waals surface area contributed by atoms with Crippen LogP contribution in [0.15, 0.2) is 42.7 Å². The van der Waals surface area contributed by atoms with Crippen molar-refractivity contribution in [2.45, 2.75) is 19.4 Å². The molecule has 1 N–H and O–H groups in total. The van der Waals surface area contributed by atoms with Crippen molar-refractivity contribution in [2.24, 2.45) is 0 Å². The van der Waals surface area contributed by atoms with E-state index < -0.39 is 0 Å². The van der Waals surface area contributed by atoms with Crippen LogP contribution < -0.4 is 5.32 Å². The van der Waals surface area contributed by atoms with Crippen LogP contribution in [0.2, 0.25) is 0 Å². The molecule has 0 aliphatic rings. The van der Waals surface area contributed by atoms with Crippen LogP contribution in [0.4, 0.5) is 0 Å². The lowest BCUT2D eigenvalue weighted by Crippen LogP contribution is -2.18. The first kappa shape index (κ1) is 11.7. The topological polar surface area (TPSA) is 37.8 Å². The Kier molecular flexibility index (Phi) is 3.83. The first-order valence-electron chi connectivity index (χ1n) is 5.88. The predicted molar refractivity (Wildman–Crippen MR) is 68.8 cm³/mol. The Morgan fingerprint density at radius 2 is 2.06 bits per heavy atom. The van der Waals surface area contributed by atoms with Gasteiger partial charge in [-0.15, -0.1) is 0 Å². The molecule has 0 aliphatic carbocycles. The Hall–Kier alpha value is -1.74. The highest BCUT2D eigenvalue weighted by molar-refractivity contribution is 5.32. The van der Waals surface area contributed by atoms with Crippen LogP contribution in [0.1, 0.15) is 29.7 Å². The van der Waals surface area contributed by atoms with Gasteiger partial charge in [-0.25, -0.2) is 0 Å². The summed E-state index contributed by atoms with van der Waals surface area (Å²) in [6, 6.07) is 10.8. The van der Waals surface area contributed by atoms with Crippen molar-refractivity contribution in [3.05, 3.63) is 59.4 Å². The minimum absolute atomic E-state index is 0.178. The van der Waals surface area contributed by atoms with Crippen molar-refractivity contribution in [3.63, 3.8) is 0 Å². The number of rotatable bonds is 4. The molecule has 1 aromatic carbocycles. The third kappa shape index (κ3) is 2.68. The molecule has 17 heavy (non-hydrogen) atoms. The molecule has 0 spiro atoms. The van der Waals surface area contributed by atoms with E-state index in [0.717, 1.165) is 12.0 Å². The predicted octanol–water partition coefficient (Wildman–Crippen LogP) is 2.35. The fourth-order valence-electron chi connectivity index (χ4n) is 1.99. The van der Waals surface area contributed by atoms with Gasteiger partial charge in [-0.3, -0.25) is 0 Å². The Morgan fingerprint density at radius 1 is 1.18 bits per heavy atom. The summed E-state index contributed by atoms with van der Waals surface area (Å²) in [5.74, 6) is 0. The van der Waals surface area contributed by atoms with Crippen molar-refractivity contribution in [3.8, 4) is 0 Å². The number of hydrogen-bond donors (Lipinski definition) is 1. The van der Waals surface area contributed by atoms with Crippen LogP contribution in [-0.2, 0) is 6.42 Å². The second kappa shape index (κ2) is 5.55. The molecule has 0 amide bonds. The molecule has 1 atom stereocenters. The van der Waals surface area contributed by atoms with E-state index in [4.69, 9.17) is 0 Å². The molecule has 3 heteroatoms. The van der Waals surface area contributed by atoms with Gasteiger partial charge in [0.15, 0.2) is 0 Å². The van der Waals surface area contributed by atoms with Crippen LogP contribution in [0, 0.1) is 0 Å². The van der Waals surface area contributed by atoms with E-state index in [2.05, 4.69) is 46.7 Å². The Balaban J connectivity index is 2.35. The lowest BCUT2D eigenvalue weighted by atomic mass is 9.98. The standard InChI is InChI=1S/C14H17N3/c1-3-11-5-4-6-12(9-11)14(15-2)13-7-8-16-17-10-13/h4-10,14-15H,3H2,1-2H3. The van der Waals surface area contributed by atoms with E-state index in [-0.39, 0.29) is 6.04 Å². The summed E-state index contributed by atoms with van der Waals surface area (Å²) in [5, 5.41) is 11.1. The maximum Gasteiger partial charge on any atom is 0.0590 e. The smallest absolute Gasteiger partial charge is 0.0590 e. The SMILES string of the molecule is CCc1cccc(C(NC)c2ccnnc2)c1. The number of nitrogens with zero attached hydrogens (tertiary/aromatic N) is 2. The van der Waals surface area contributed by atoms with Gasteiger partial charge < -0.3 is 5.32 Å². The first-order valence-corrected chi connectivity index (χ1v) is 5.88. The molecular formula is C14H17N3. The number of benzene rings is 1. The highest BCUT2D eigenvalue weighted by atomic mass is 15.1. The molecule has 88 valence electrons. The van der Waals surface area contributed by atoms with Gasteiger partial charge in [0, 0.05) is 6.20 Å². The number of nitrogens with one attached hydrogen (secondary N) is 1. The summed E-state index contributed by atoms with van der Waals surface area (Å²) >= 11 is 0. The first-order chi connectivity index (χ1) is 8.35. The molecule has 0 saturated heterocycles. The second-order valence-electron chi connectivity index (χ2n) is 4.00. The van der Waals surface area contributed by atoms with E-state index in [1.165, 1.54) is 11.1 Å². The normalized spacial score (nSPS) is 12.4. The maximum atomic E-state index is 3.93. The quantitative estimate of drug-likeness (QED) is 0.871. The van der Waals surface area contributed by atoms with Gasteiger partial charge >= 0.3 is 0 Å². The highest BCUT2D eigenvalue weighted by Crippen LogP contribution is 2.21. The summed E-state index contributed by atoms with van der Waals surface area (Å²) in [6.07, 6.45) is 4.59. The average Bonchev–Trinajstić information content (AvgIpc) is 2.41. The van der Waals surface area contributed by atoms with E-state index >= 15 is 0 Å². The zero-order chi connectivity index (χ0) is 12.1. The van der Waals surface area contributed by atoms with Crippen LogP contribution >= 0.6 is 0 Å². The van der Waals surface area contributed by atoms with Crippen molar-refractivity contribution in [1.82, 2.24) is 15.5 Å². The minimum atomic E-state index is 0.178. The van der Waals surface area contributed by atoms with Crippen LogP contribution in [0.3, 0.4) is 0 Å². The van der Waals surface area contributed by atoms with Gasteiger partial charge in [0.05, 0.1) is 12.2 Å². The number of aryl methyl sites for hydroxylation is 1. The molecule has 0 bridgehead atoms. The molecule has 0 aliphatic heterocycles. The fourth-order valence-corrected chi connectivity index (χ4v) is 1.99. The molecule has 1 unspecified atom stereocenters. The van der Waals surface area contributed by atoms with Gasteiger partial charge in [0.1, 0.15) is 0 Å². The Labute approximate surface area is 102 Å². The Bertz CT molecular complexity index is 468.